The molecule has 8 nitrogen and oxygen atoms in total. The van der Waals surface area contributed by atoms with E-state index in [0.717, 1.165) is 30.2 Å². The van der Waals surface area contributed by atoms with Crippen molar-refractivity contribution in [2.24, 2.45) is 0 Å². The number of carbonyl (C=O) groups is 1. The van der Waals surface area contributed by atoms with Crippen molar-refractivity contribution in [3.8, 4) is 5.75 Å². The smallest absolute Gasteiger partial charge is 0.246 e. The highest BCUT2D eigenvalue weighted by Gasteiger charge is 2.24. The van der Waals surface area contributed by atoms with Gasteiger partial charge in [-0.1, -0.05) is 30.4 Å². The van der Waals surface area contributed by atoms with Crippen molar-refractivity contribution < 1.29 is 22.4 Å². The Bertz CT molecular complexity index is 1280. The van der Waals surface area contributed by atoms with Gasteiger partial charge in [-0.25, -0.2) is 13.4 Å². The SMILES string of the molecule is C/C=C/C=C/C(=O)N1CCc2cc(NS(C)(=O)=O)c(OCc3nc(C4CC=CC4)oc3C)cc2C1. The van der Waals surface area contributed by atoms with Crippen molar-refractivity contribution in [3.05, 3.63) is 77.1 Å². The maximum Gasteiger partial charge on any atom is 0.246 e. The number of benzene rings is 1. The topological polar surface area (TPSA) is 102 Å². The summed E-state index contributed by atoms with van der Waals surface area (Å²) in [5.74, 6) is 1.96. The summed E-state index contributed by atoms with van der Waals surface area (Å²) in [4.78, 5) is 18.9. The number of nitrogens with zero attached hydrogens (tertiary/aromatic N) is 2. The molecule has 186 valence electrons. The fourth-order valence-corrected chi connectivity index (χ4v) is 4.81. The maximum absolute atomic E-state index is 12.5. The quantitative estimate of drug-likeness (QED) is 0.330. The fraction of sp³-hybridized carbons (Fsp3) is 0.385. The lowest BCUT2D eigenvalue weighted by Gasteiger charge is -2.29. The number of oxazole rings is 1. The molecule has 0 bridgehead atoms. The van der Waals surface area contributed by atoms with Gasteiger partial charge in [-0.05, 0) is 56.4 Å². The third-order valence-corrected chi connectivity index (χ3v) is 6.68. The molecule has 1 aliphatic heterocycles. The molecule has 4 rings (SSSR count). The van der Waals surface area contributed by atoms with E-state index in [4.69, 9.17) is 9.15 Å². The second-order valence-electron chi connectivity index (χ2n) is 8.87. The summed E-state index contributed by atoms with van der Waals surface area (Å²) < 4.78 is 38.5. The molecule has 0 fully saturated rings. The highest BCUT2D eigenvalue weighted by atomic mass is 32.2. The first-order chi connectivity index (χ1) is 16.7. The molecule has 1 aromatic heterocycles. The van der Waals surface area contributed by atoms with Crippen molar-refractivity contribution in [3.63, 3.8) is 0 Å². The monoisotopic (exact) mass is 497 g/mol. The van der Waals surface area contributed by atoms with Crippen LogP contribution in [0.2, 0.25) is 0 Å². The van der Waals surface area contributed by atoms with Gasteiger partial charge in [-0.15, -0.1) is 0 Å². The number of hydrogen-bond donors (Lipinski definition) is 1. The van der Waals surface area contributed by atoms with E-state index in [1.54, 1.807) is 23.1 Å². The molecule has 1 aliphatic carbocycles. The largest absolute Gasteiger partial charge is 0.485 e. The van der Waals surface area contributed by atoms with Crippen molar-refractivity contribution in [1.29, 1.82) is 0 Å². The minimum atomic E-state index is -3.51. The lowest BCUT2D eigenvalue weighted by atomic mass is 9.98. The molecule has 0 atom stereocenters. The van der Waals surface area contributed by atoms with Gasteiger partial charge in [-0.2, -0.15) is 0 Å². The first kappa shape index (κ1) is 24.8. The molecule has 0 unspecified atom stereocenters. The zero-order chi connectivity index (χ0) is 25.0. The van der Waals surface area contributed by atoms with E-state index in [9.17, 15) is 13.2 Å². The molecule has 1 aromatic carbocycles. The van der Waals surface area contributed by atoms with E-state index in [2.05, 4.69) is 21.9 Å². The Kier molecular flexibility index (Phi) is 7.45. The lowest BCUT2D eigenvalue weighted by Crippen LogP contribution is -2.35. The van der Waals surface area contributed by atoms with Crippen molar-refractivity contribution in [1.82, 2.24) is 9.88 Å². The molecule has 2 aromatic rings. The van der Waals surface area contributed by atoms with Gasteiger partial charge in [0.05, 0.1) is 11.9 Å². The van der Waals surface area contributed by atoms with E-state index in [1.807, 2.05) is 32.1 Å². The van der Waals surface area contributed by atoms with Gasteiger partial charge in [0.2, 0.25) is 15.9 Å². The van der Waals surface area contributed by atoms with E-state index in [0.29, 0.717) is 48.3 Å². The van der Waals surface area contributed by atoms with Crippen LogP contribution in [0.3, 0.4) is 0 Å². The maximum atomic E-state index is 12.5. The van der Waals surface area contributed by atoms with Gasteiger partial charge in [-0.3, -0.25) is 9.52 Å². The molecule has 1 N–H and O–H groups in total. The van der Waals surface area contributed by atoms with Gasteiger partial charge in [0.15, 0.2) is 5.89 Å². The summed E-state index contributed by atoms with van der Waals surface area (Å²) in [6.45, 7) is 4.86. The van der Waals surface area contributed by atoms with Crippen LogP contribution in [0.4, 0.5) is 5.69 Å². The average molecular weight is 498 g/mol. The van der Waals surface area contributed by atoms with Crippen LogP contribution >= 0.6 is 0 Å². The van der Waals surface area contributed by atoms with Crippen LogP contribution < -0.4 is 9.46 Å². The number of sulfonamides is 1. The van der Waals surface area contributed by atoms with Crippen molar-refractivity contribution >= 4 is 21.6 Å². The predicted molar refractivity (Wildman–Crippen MR) is 135 cm³/mol. The Morgan fingerprint density at radius 3 is 2.74 bits per heavy atom. The fourth-order valence-electron chi connectivity index (χ4n) is 4.25. The molecule has 9 heteroatoms. The van der Waals surface area contributed by atoms with E-state index >= 15 is 0 Å². The number of aryl methyl sites for hydroxylation is 1. The minimum Gasteiger partial charge on any atom is -0.485 e. The molecule has 2 heterocycles. The summed E-state index contributed by atoms with van der Waals surface area (Å²) in [6.07, 6.45) is 14.7. The summed E-state index contributed by atoms with van der Waals surface area (Å²) in [5, 5.41) is 0. The van der Waals surface area contributed by atoms with Gasteiger partial charge < -0.3 is 14.1 Å². The molecule has 0 radical (unpaired) electrons. The minimum absolute atomic E-state index is 0.0679. The number of carbonyl (C=O) groups excluding carboxylic acids is 1. The van der Waals surface area contributed by atoms with E-state index in [-0.39, 0.29) is 18.4 Å². The Labute approximate surface area is 206 Å². The normalized spacial score (nSPS) is 16.4. The molecule has 0 spiro atoms. The highest BCUT2D eigenvalue weighted by Crippen LogP contribution is 2.34. The van der Waals surface area contributed by atoms with Gasteiger partial charge in [0, 0.05) is 25.1 Å². The molecule has 35 heavy (non-hydrogen) atoms. The van der Waals surface area contributed by atoms with Crippen molar-refractivity contribution in [2.45, 2.75) is 52.2 Å². The number of amides is 1. The molecule has 0 saturated heterocycles. The number of nitrogens with one attached hydrogen (secondary N) is 1. The third-order valence-electron chi connectivity index (χ3n) is 6.09. The Hall–Kier alpha value is -3.33. The lowest BCUT2D eigenvalue weighted by molar-refractivity contribution is -0.126. The highest BCUT2D eigenvalue weighted by molar-refractivity contribution is 7.92. The van der Waals surface area contributed by atoms with Crippen LogP contribution in [-0.2, 0) is 34.4 Å². The van der Waals surface area contributed by atoms with Crippen LogP contribution in [0.25, 0.3) is 0 Å². The number of fused-ring (bicyclic) bond motifs is 1. The van der Waals surface area contributed by atoms with Gasteiger partial charge in [0.1, 0.15) is 23.8 Å². The Morgan fingerprint density at radius 2 is 2.03 bits per heavy atom. The number of allylic oxidation sites excluding steroid dienone is 5. The standard InChI is InChI=1S/C26H31N3O5S/c1-4-5-6-11-25(30)29-13-12-20-14-22(28-35(3,31)32)24(15-21(20)16-29)33-17-23-18(2)34-26(27-23)19-9-7-8-10-19/h4-8,11,14-15,19,28H,9-10,12-13,16-17H2,1-3H3/b5-4+,11-6+. The summed E-state index contributed by atoms with van der Waals surface area (Å²) in [7, 11) is -3.51. The first-order valence-electron chi connectivity index (χ1n) is 11.7. The van der Waals surface area contributed by atoms with Gasteiger partial charge >= 0.3 is 0 Å². The molecule has 2 aliphatic rings. The third kappa shape index (κ3) is 6.22. The Balaban J connectivity index is 1.56. The molecule has 0 saturated carbocycles. The number of ether oxygens (including phenoxy) is 1. The van der Waals surface area contributed by atoms with E-state index in [1.165, 1.54) is 0 Å². The number of rotatable bonds is 8. The number of hydrogen-bond acceptors (Lipinski definition) is 6. The van der Waals surface area contributed by atoms with Crippen LogP contribution in [0.15, 0.2) is 53.0 Å². The Morgan fingerprint density at radius 1 is 1.26 bits per heavy atom. The van der Waals surface area contributed by atoms with Crippen LogP contribution in [0.1, 0.15) is 54.2 Å². The van der Waals surface area contributed by atoms with Crippen molar-refractivity contribution in [2.75, 3.05) is 17.5 Å². The van der Waals surface area contributed by atoms with Crippen LogP contribution in [0.5, 0.6) is 5.75 Å². The first-order valence-corrected chi connectivity index (χ1v) is 13.6. The van der Waals surface area contributed by atoms with E-state index < -0.39 is 10.0 Å². The summed E-state index contributed by atoms with van der Waals surface area (Å²) in [6, 6.07) is 3.61. The number of aromatic nitrogens is 1. The summed E-state index contributed by atoms with van der Waals surface area (Å²) >= 11 is 0. The van der Waals surface area contributed by atoms with Gasteiger partial charge in [0.25, 0.3) is 0 Å². The van der Waals surface area contributed by atoms with Crippen LogP contribution in [-0.4, -0.2) is 37.0 Å². The van der Waals surface area contributed by atoms with Crippen LogP contribution in [0, 0.1) is 6.92 Å². The summed E-state index contributed by atoms with van der Waals surface area (Å²) in [5.41, 5.74) is 2.97. The second-order valence-corrected chi connectivity index (χ2v) is 10.6. The second kappa shape index (κ2) is 10.5. The zero-order valence-electron chi connectivity index (χ0n) is 20.3. The zero-order valence-corrected chi connectivity index (χ0v) is 21.1. The predicted octanol–water partition coefficient (Wildman–Crippen LogP) is 4.38. The molecular weight excluding hydrogens is 466 g/mol. The molecular formula is C26H31N3O5S. The number of anilines is 1. The average Bonchev–Trinajstić information content (AvgIpc) is 3.46. The molecule has 1 amide bonds.